The average Bonchev–Trinajstić information content (AvgIpc) is 3.19. The lowest BCUT2D eigenvalue weighted by Crippen LogP contribution is -2.60. The first kappa shape index (κ1) is 19.4. The molecule has 0 spiro atoms. The first-order valence-electron chi connectivity index (χ1n) is 9.81. The quantitative estimate of drug-likeness (QED) is 0.762. The molecule has 1 aromatic heterocycles. The van der Waals surface area contributed by atoms with E-state index in [9.17, 15) is 9.59 Å². The number of fused-ring (bicyclic) bond motifs is 1. The molecule has 5 rings (SSSR count). The second-order valence-electron chi connectivity index (χ2n) is 7.30. The summed E-state index contributed by atoms with van der Waals surface area (Å²) in [6.07, 6.45) is 5.21. The van der Waals surface area contributed by atoms with E-state index in [0.29, 0.717) is 10.7 Å². The van der Waals surface area contributed by atoms with E-state index in [4.69, 9.17) is 11.6 Å². The van der Waals surface area contributed by atoms with E-state index in [-0.39, 0.29) is 11.9 Å². The first-order valence-corrected chi connectivity index (χ1v) is 11.1. The number of thioether (sulfide) groups is 1. The number of carbonyl (C=O) groups excluding carboxylic acids is 2. The Labute approximate surface area is 183 Å². The largest absolute Gasteiger partial charge is 0.367 e. The van der Waals surface area contributed by atoms with Crippen molar-refractivity contribution >= 4 is 51.6 Å². The molecule has 1 aromatic carbocycles. The van der Waals surface area contributed by atoms with Gasteiger partial charge >= 0.3 is 6.03 Å². The summed E-state index contributed by atoms with van der Waals surface area (Å²) in [5.74, 6) is -0.239. The maximum Gasteiger partial charge on any atom is 0.329 e. The second-order valence-corrected chi connectivity index (χ2v) is 8.89. The third kappa shape index (κ3) is 3.34. The third-order valence-electron chi connectivity index (χ3n) is 5.48. The van der Waals surface area contributed by atoms with Crippen molar-refractivity contribution in [1.29, 1.82) is 0 Å². The number of piperazine rings is 1. The molecule has 3 aliphatic heterocycles. The van der Waals surface area contributed by atoms with Crippen LogP contribution in [0.4, 0.5) is 16.2 Å². The molecule has 2 fully saturated rings. The molecule has 2 aromatic rings. The van der Waals surface area contributed by atoms with Crippen LogP contribution in [0.1, 0.15) is 5.56 Å². The fourth-order valence-electron chi connectivity index (χ4n) is 4.02. The van der Waals surface area contributed by atoms with Crippen molar-refractivity contribution in [2.24, 2.45) is 0 Å². The summed E-state index contributed by atoms with van der Waals surface area (Å²) in [6.45, 7) is 3.32. The van der Waals surface area contributed by atoms with Crippen molar-refractivity contribution in [2.45, 2.75) is 11.3 Å². The molecule has 0 aliphatic carbocycles. The standard InChI is InChI=1S/C21H20ClN5O2S/c22-14-4-2-1-3-13(14)18-11-15-19(30-18)20(28)27(21(29)25-15)17-12-24-6-5-16(17)26-9-7-23-8-10-26/h1-6,11-12,15,19,23H,7-10H2,(H,25,29). The van der Waals surface area contributed by atoms with Gasteiger partial charge in [-0.15, -0.1) is 11.8 Å². The minimum Gasteiger partial charge on any atom is -0.367 e. The van der Waals surface area contributed by atoms with Crippen molar-refractivity contribution < 1.29 is 9.59 Å². The van der Waals surface area contributed by atoms with Gasteiger partial charge in [-0.25, -0.2) is 9.69 Å². The molecule has 7 nitrogen and oxygen atoms in total. The number of nitrogens with one attached hydrogen (secondary N) is 2. The summed E-state index contributed by atoms with van der Waals surface area (Å²) in [5, 5.41) is 6.48. The number of rotatable bonds is 3. The number of carbonyl (C=O) groups is 2. The molecule has 4 heterocycles. The predicted molar refractivity (Wildman–Crippen MR) is 120 cm³/mol. The fraction of sp³-hybridized carbons (Fsp3) is 0.286. The topological polar surface area (TPSA) is 77.6 Å². The van der Waals surface area contributed by atoms with Crippen LogP contribution >= 0.6 is 23.4 Å². The summed E-state index contributed by atoms with van der Waals surface area (Å²) in [5.41, 5.74) is 2.23. The molecule has 0 radical (unpaired) electrons. The van der Waals surface area contributed by atoms with E-state index in [1.54, 1.807) is 12.4 Å². The highest BCUT2D eigenvalue weighted by Crippen LogP contribution is 2.44. The van der Waals surface area contributed by atoms with Crippen molar-refractivity contribution in [1.82, 2.24) is 15.6 Å². The minimum atomic E-state index is -0.440. The number of amides is 3. The van der Waals surface area contributed by atoms with Crippen molar-refractivity contribution in [3.05, 3.63) is 59.4 Å². The summed E-state index contributed by atoms with van der Waals surface area (Å²) in [4.78, 5) is 34.9. The molecular formula is C21H20ClN5O2S. The molecular weight excluding hydrogens is 422 g/mol. The Morgan fingerprint density at radius 3 is 2.70 bits per heavy atom. The Morgan fingerprint density at radius 2 is 1.90 bits per heavy atom. The van der Waals surface area contributed by atoms with Gasteiger partial charge in [-0.05, 0) is 18.2 Å². The van der Waals surface area contributed by atoms with Crippen LogP contribution in [0.2, 0.25) is 5.02 Å². The van der Waals surface area contributed by atoms with E-state index < -0.39 is 11.3 Å². The number of imide groups is 1. The molecule has 3 aliphatic rings. The first-order chi connectivity index (χ1) is 14.6. The summed E-state index contributed by atoms with van der Waals surface area (Å²) < 4.78 is 0. The van der Waals surface area contributed by atoms with E-state index >= 15 is 0 Å². The van der Waals surface area contributed by atoms with E-state index in [1.807, 2.05) is 36.4 Å². The Hall–Kier alpha value is -2.55. The zero-order valence-corrected chi connectivity index (χ0v) is 17.6. The molecule has 0 saturated carbocycles. The van der Waals surface area contributed by atoms with Crippen molar-refractivity contribution in [3.8, 4) is 0 Å². The summed E-state index contributed by atoms with van der Waals surface area (Å²) >= 11 is 7.78. The smallest absolute Gasteiger partial charge is 0.329 e. The third-order valence-corrected chi connectivity index (χ3v) is 7.17. The van der Waals surface area contributed by atoms with E-state index in [1.165, 1.54) is 16.7 Å². The summed E-state index contributed by atoms with van der Waals surface area (Å²) in [7, 11) is 0. The number of benzene rings is 1. The monoisotopic (exact) mass is 441 g/mol. The van der Waals surface area contributed by atoms with Gasteiger partial charge < -0.3 is 15.5 Å². The van der Waals surface area contributed by atoms with Crippen LogP contribution < -0.4 is 20.4 Å². The Kier molecular flexibility index (Phi) is 5.14. The molecule has 30 heavy (non-hydrogen) atoms. The van der Waals surface area contributed by atoms with Gasteiger partial charge in [0.05, 0.1) is 23.6 Å². The molecule has 3 amide bonds. The highest BCUT2D eigenvalue weighted by Gasteiger charge is 2.46. The molecule has 2 N–H and O–H groups in total. The minimum absolute atomic E-state index is 0.239. The lowest BCUT2D eigenvalue weighted by molar-refractivity contribution is -0.118. The van der Waals surface area contributed by atoms with Gasteiger partial charge in [-0.3, -0.25) is 9.78 Å². The van der Waals surface area contributed by atoms with Gasteiger partial charge in [-0.2, -0.15) is 0 Å². The van der Waals surface area contributed by atoms with Gasteiger partial charge in [0.25, 0.3) is 5.91 Å². The Balaban J connectivity index is 1.45. The number of anilines is 2. The molecule has 2 saturated heterocycles. The zero-order valence-electron chi connectivity index (χ0n) is 16.0. The molecule has 2 atom stereocenters. The van der Waals surface area contributed by atoms with Gasteiger partial charge in [-0.1, -0.05) is 29.8 Å². The van der Waals surface area contributed by atoms with Crippen LogP contribution in [0.3, 0.4) is 0 Å². The zero-order chi connectivity index (χ0) is 20.7. The number of aromatic nitrogens is 1. The number of nitrogens with zero attached hydrogens (tertiary/aromatic N) is 3. The highest BCUT2D eigenvalue weighted by molar-refractivity contribution is 8.09. The van der Waals surface area contributed by atoms with Crippen LogP contribution in [0.15, 0.2) is 48.8 Å². The molecule has 2 unspecified atom stereocenters. The molecule has 0 bridgehead atoms. The molecule has 9 heteroatoms. The Morgan fingerprint density at radius 1 is 1.10 bits per heavy atom. The van der Waals surface area contributed by atoms with Crippen LogP contribution in [-0.2, 0) is 4.79 Å². The van der Waals surface area contributed by atoms with Crippen LogP contribution in [0.25, 0.3) is 4.91 Å². The van der Waals surface area contributed by atoms with Crippen molar-refractivity contribution in [3.63, 3.8) is 0 Å². The molecule has 154 valence electrons. The van der Waals surface area contributed by atoms with Gasteiger partial charge in [0.15, 0.2) is 0 Å². The van der Waals surface area contributed by atoms with Gasteiger partial charge in [0.1, 0.15) is 5.25 Å². The van der Waals surface area contributed by atoms with Crippen LogP contribution in [0.5, 0.6) is 0 Å². The van der Waals surface area contributed by atoms with Crippen LogP contribution in [-0.4, -0.2) is 54.4 Å². The Bertz CT molecular complexity index is 1040. The number of pyridine rings is 1. The van der Waals surface area contributed by atoms with Gasteiger partial charge in [0, 0.05) is 47.9 Å². The summed E-state index contributed by atoms with van der Waals surface area (Å²) in [6, 6.07) is 8.59. The second kappa shape index (κ2) is 7.94. The fourth-order valence-corrected chi connectivity index (χ4v) is 5.62. The maximum atomic E-state index is 13.4. The van der Waals surface area contributed by atoms with Gasteiger partial charge in [0.2, 0.25) is 0 Å². The predicted octanol–water partition coefficient (Wildman–Crippen LogP) is 2.73. The van der Waals surface area contributed by atoms with E-state index in [0.717, 1.165) is 42.3 Å². The SMILES string of the molecule is O=C1NC2C=C(c3ccccc3Cl)SC2C(=O)N1c1cnccc1N1CCNCC1. The number of halogens is 1. The van der Waals surface area contributed by atoms with Crippen LogP contribution in [0, 0.1) is 0 Å². The lowest BCUT2D eigenvalue weighted by atomic mass is 10.1. The maximum absolute atomic E-state index is 13.4. The number of hydrogen-bond donors (Lipinski definition) is 2. The number of hydrogen-bond acceptors (Lipinski definition) is 6. The normalized spacial score (nSPS) is 23.8. The highest BCUT2D eigenvalue weighted by atomic mass is 35.5. The number of urea groups is 1. The lowest BCUT2D eigenvalue weighted by Gasteiger charge is -2.36. The average molecular weight is 442 g/mol. The van der Waals surface area contributed by atoms with E-state index in [2.05, 4.69) is 20.5 Å². The van der Waals surface area contributed by atoms with Crippen molar-refractivity contribution in [2.75, 3.05) is 36.0 Å².